The van der Waals surface area contributed by atoms with Crippen molar-refractivity contribution in [3.05, 3.63) is 56.9 Å². The predicted octanol–water partition coefficient (Wildman–Crippen LogP) is 3.44. The van der Waals surface area contributed by atoms with Crippen LogP contribution in [0.5, 0.6) is 0 Å². The minimum atomic E-state index is 0.0433. The average Bonchev–Trinajstić information content (AvgIpc) is 2.25. The highest BCUT2D eigenvalue weighted by Gasteiger charge is 2.09. The number of fused-ring (bicyclic) bond motifs is 1. The Morgan fingerprint density at radius 1 is 1.41 bits per heavy atom. The van der Waals surface area contributed by atoms with Gasteiger partial charge in [-0.3, -0.25) is 4.79 Å². The SMILES string of the molecule is C=C(Cl)Cc1c(C)[nH]c2ccc(C)cc2c1=O. The van der Waals surface area contributed by atoms with E-state index in [9.17, 15) is 4.79 Å². The first-order valence-corrected chi connectivity index (χ1v) is 5.82. The van der Waals surface area contributed by atoms with Crippen LogP contribution in [0.4, 0.5) is 0 Å². The summed E-state index contributed by atoms with van der Waals surface area (Å²) in [4.78, 5) is 15.5. The van der Waals surface area contributed by atoms with Gasteiger partial charge in [0.2, 0.25) is 0 Å². The number of rotatable bonds is 2. The molecule has 0 radical (unpaired) electrons. The second kappa shape index (κ2) is 4.38. The molecule has 1 aromatic heterocycles. The summed E-state index contributed by atoms with van der Waals surface area (Å²) in [5, 5.41) is 1.19. The van der Waals surface area contributed by atoms with Gasteiger partial charge in [-0.2, -0.15) is 0 Å². The van der Waals surface area contributed by atoms with Crippen molar-refractivity contribution in [1.29, 1.82) is 0 Å². The molecular weight excluding hydrogens is 234 g/mol. The Kier molecular flexibility index (Phi) is 3.07. The van der Waals surface area contributed by atoms with Gasteiger partial charge in [-0.05, 0) is 26.0 Å². The number of allylic oxidation sites excluding steroid dienone is 1. The van der Waals surface area contributed by atoms with Crippen molar-refractivity contribution in [2.45, 2.75) is 20.3 Å². The number of aryl methyl sites for hydroxylation is 2. The van der Waals surface area contributed by atoms with Crippen LogP contribution in [0.25, 0.3) is 10.9 Å². The van der Waals surface area contributed by atoms with Gasteiger partial charge in [-0.15, -0.1) is 0 Å². The quantitative estimate of drug-likeness (QED) is 0.866. The molecule has 3 heteroatoms. The Morgan fingerprint density at radius 2 is 2.12 bits per heavy atom. The van der Waals surface area contributed by atoms with Crippen molar-refractivity contribution < 1.29 is 0 Å². The number of benzene rings is 1. The van der Waals surface area contributed by atoms with Gasteiger partial charge in [0.05, 0.1) is 0 Å². The third-order valence-corrected chi connectivity index (χ3v) is 2.97. The topological polar surface area (TPSA) is 32.9 Å². The molecule has 0 aliphatic rings. The van der Waals surface area contributed by atoms with Gasteiger partial charge < -0.3 is 4.98 Å². The van der Waals surface area contributed by atoms with Crippen LogP contribution < -0.4 is 5.43 Å². The molecular formula is C14H14ClNO. The lowest BCUT2D eigenvalue weighted by Crippen LogP contribution is -2.13. The van der Waals surface area contributed by atoms with Gasteiger partial charge >= 0.3 is 0 Å². The summed E-state index contributed by atoms with van der Waals surface area (Å²) >= 11 is 5.79. The third-order valence-electron chi connectivity index (χ3n) is 2.84. The van der Waals surface area contributed by atoms with Crippen LogP contribution in [0, 0.1) is 13.8 Å². The first-order chi connectivity index (χ1) is 7.99. The average molecular weight is 248 g/mol. The zero-order valence-electron chi connectivity index (χ0n) is 9.93. The maximum absolute atomic E-state index is 12.3. The Morgan fingerprint density at radius 3 is 2.76 bits per heavy atom. The molecule has 2 aromatic rings. The van der Waals surface area contributed by atoms with Crippen molar-refractivity contribution in [2.24, 2.45) is 0 Å². The number of pyridine rings is 1. The van der Waals surface area contributed by atoms with Gasteiger partial charge in [-0.1, -0.05) is 29.8 Å². The highest BCUT2D eigenvalue weighted by atomic mass is 35.5. The van der Waals surface area contributed by atoms with Crippen LogP contribution in [0.1, 0.15) is 16.8 Å². The highest BCUT2D eigenvalue weighted by molar-refractivity contribution is 6.29. The smallest absolute Gasteiger partial charge is 0.193 e. The van der Waals surface area contributed by atoms with Crippen LogP contribution in [0.15, 0.2) is 34.6 Å². The summed E-state index contributed by atoms with van der Waals surface area (Å²) in [7, 11) is 0. The molecule has 0 saturated heterocycles. The number of halogens is 1. The number of hydrogen-bond acceptors (Lipinski definition) is 1. The van der Waals surface area contributed by atoms with E-state index in [1.807, 2.05) is 32.0 Å². The van der Waals surface area contributed by atoms with E-state index < -0.39 is 0 Å². The molecule has 1 heterocycles. The lowest BCUT2D eigenvalue weighted by Gasteiger charge is -2.07. The lowest BCUT2D eigenvalue weighted by molar-refractivity contribution is 1.10. The van der Waals surface area contributed by atoms with Gasteiger partial charge in [0, 0.05) is 33.6 Å². The first-order valence-electron chi connectivity index (χ1n) is 5.44. The molecule has 0 aliphatic carbocycles. The van der Waals surface area contributed by atoms with Crippen molar-refractivity contribution >= 4 is 22.5 Å². The summed E-state index contributed by atoms with van der Waals surface area (Å²) < 4.78 is 0. The molecule has 0 aliphatic heterocycles. The van der Waals surface area contributed by atoms with Gasteiger partial charge in [0.1, 0.15) is 0 Å². The molecule has 2 nitrogen and oxygen atoms in total. The Hall–Kier alpha value is -1.54. The predicted molar refractivity (Wildman–Crippen MR) is 72.7 cm³/mol. The zero-order valence-corrected chi connectivity index (χ0v) is 10.7. The van der Waals surface area contributed by atoms with Crippen LogP contribution in [-0.2, 0) is 6.42 Å². The Bertz CT molecular complexity index is 655. The van der Waals surface area contributed by atoms with E-state index in [4.69, 9.17) is 11.6 Å². The number of aromatic amines is 1. The first kappa shape index (κ1) is 11.9. The molecule has 0 atom stereocenters. The number of aromatic nitrogens is 1. The standard InChI is InChI=1S/C14H14ClNO/c1-8-4-5-13-12(6-8)14(17)11(7-9(2)15)10(3)16-13/h4-6H,2,7H2,1,3H3,(H,16,17). The third kappa shape index (κ3) is 2.27. The highest BCUT2D eigenvalue weighted by Crippen LogP contribution is 2.15. The largest absolute Gasteiger partial charge is 0.358 e. The van der Waals surface area contributed by atoms with Crippen LogP contribution in [0.3, 0.4) is 0 Å². The molecule has 88 valence electrons. The summed E-state index contributed by atoms with van der Waals surface area (Å²) in [6.45, 7) is 7.50. The molecule has 0 spiro atoms. The van der Waals surface area contributed by atoms with E-state index in [1.165, 1.54) is 0 Å². The van der Waals surface area contributed by atoms with E-state index >= 15 is 0 Å². The minimum Gasteiger partial charge on any atom is -0.358 e. The van der Waals surface area contributed by atoms with Crippen LogP contribution in [-0.4, -0.2) is 4.98 Å². The fraction of sp³-hybridized carbons (Fsp3) is 0.214. The lowest BCUT2D eigenvalue weighted by atomic mass is 10.0. The molecule has 0 saturated carbocycles. The van der Waals surface area contributed by atoms with Crippen LogP contribution in [0.2, 0.25) is 0 Å². The minimum absolute atomic E-state index is 0.0433. The second-order valence-corrected chi connectivity index (χ2v) is 4.84. The summed E-state index contributed by atoms with van der Waals surface area (Å²) in [5.41, 5.74) is 3.53. The van der Waals surface area contributed by atoms with Gasteiger partial charge in [0.25, 0.3) is 0 Å². The molecule has 17 heavy (non-hydrogen) atoms. The van der Waals surface area contributed by atoms with Gasteiger partial charge in [0.15, 0.2) is 5.43 Å². The van der Waals surface area contributed by atoms with Crippen molar-refractivity contribution in [2.75, 3.05) is 0 Å². The molecule has 2 rings (SSSR count). The van der Waals surface area contributed by atoms with Crippen LogP contribution >= 0.6 is 11.6 Å². The van der Waals surface area contributed by atoms with E-state index in [0.29, 0.717) is 22.4 Å². The molecule has 0 fully saturated rings. The van der Waals surface area contributed by atoms with E-state index in [2.05, 4.69) is 11.6 Å². The zero-order chi connectivity index (χ0) is 12.6. The maximum Gasteiger partial charge on any atom is 0.193 e. The number of hydrogen-bond donors (Lipinski definition) is 1. The van der Waals surface area contributed by atoms with E-state index in [1.54, 1.807) is 0 Å². The normalized spacial score (nSPS) is 10.8. The molecule has 1 N–H and O–H groups in total. The van der Waals surface area contributed by atoms with E-state index in [-0.39, 0.29) is 5.43 Å². The monoisotopic (exact) mass is 247 g/mol. The Balaban J connectivity index is 2.78. The second-order valence-electron chi connectivity index (χ2n) is 4.30. The molecule has 0 bridgehead atoms. The molecule has 0 amide bonds. The molecule has 0 unspecified atom stereocenters. The van der Waals surface area contributed by atoms with Crippen molar-refractivity contribution in [1.82, 2.24) is 4.98 Å². The maximum atomic E-state index is 12.3. The summed E-state index contributed by atoms with van der Waals surface area (Å²) in [6.07, 6.45) is 0.409. The van der Waals surface area contributed by atoms with E-state index in [0.717, 1.165) is 16.8 Å². The number of H-pyrrole nitrogens is 1. The molecule has 1 aromatic carbocycles. The van der Waals surface area contributed by atoms with Crippen molar-refractivity contribution in [3.63, 3.8) is 0 Å². The Labute approximate surface area is 105 Å². The summed E-state index contributed by atoms with van der Waals surface area (Å²) in [5.74, 6) is 0. The van der Waals surface area contributed by atoms with Gasteiger partial charge in [-0.25, -0.2) is 0 Å². The summed E-state index contributed by atoms with van der Waals surface area (Å²) in [6, 6.07) is 5.81. The fourth-order valence-corrected chi connectivity index (χ4v) is 2.10. The van der Waals surface area contributed by atoms with Crippen molar-refractivity contribution in [3.8, 4) is 0 Å². The number of nitrogens with one attached hydrogen (secondary N) is 1. The fourth-order valence-electron chi connectivity index (χ4n) is 1.97.